The number of rotatable bonds is 5. The lowest BCUT2D eigenvalue weighted by molar-refractivity contribution is -0.171. The molecule has 2 saturated heterocycles. The Labute approximate surface area is 215 Å². The third-order valence-electron chi connectivity index (χ3n) is 6.72. The van der Waals surface area contributed by atoms with Crippen molar-refractivity contribution in [1.29, 1.82) is 0 Å². The number of methoxy groups -OCH3 is 1. The minimum Gasteiger partial charge on any atom is -0.469 e. The zero-order valence-electron chi connectivity index (χ0n) is 20.5. The molecule has 3 aliphatic rings. The lowest BCUT2D eigenvalue weighted by atomic mass is 9.97. The highest BCUT2D eigenvalue weighted by atomic mass is 35.5. The fourth-order valence-electron chi connectivity index (χ4n) is 4.62. The number of fused-ring (bicyclic) bond motifs is 4. The first-order valence-electron chi connectivity index (χ1n) is 12.0. The molecule has 10 nitrogen and oxygen atoms in total. The lowest BCUT2D eigenvalue weighted by Crippen LogP contribution is -2.40. The minimum absolute atomic E-state index is 0.00154. The van der Waals surface area contributed by atoms with Crippen LogP contribution in [0.5, 0.6) is 0 Å². The maximum Gasteiger partial charge on any atom is 0.335 e. The van der Waals surface area contributed by atoms with E-state index in [2.05, 4.69) is 4.74 Å². The fraction of sp³-hybridized carbons (Fsp3) is 0.680. The van der Waals surface area contributed by atoms with Gasteiger partial charge in [-0.05, 0) is 24.3 Å². The van der Waals surface area contributed by atoms with E-state index in [1.54, 1.807) is 19.9 Å². The second-order valence-electron chi connectivity index (χ2n) is 9.65. The van der Waals surface area contributed by atoms with Crippen molar-refractivity contribution < 1.29 is 49.0 Å². The highest BCUT2D eigenvalue weighted by molar-refractivity contribution is 6.30. The Morgan fingerprint density at radius 3 is 2.61 bits per heavy atom. The monoisotopic (exact) mass is 530 g/mol. The van der Waals surface area contributed by atoms with E-state index in [0.29, 0.717) is 6.42 Å². The highest BCUT2D eigenvalue weighted by Gasteiger charge is 2.48. The molecule has 0 saturated carbocycles. The van der Waals surface area contributed by atoms with Gasteiger partial charge >= 0.3 is 11.9 Å². The van der Waals surface area contributed by atoms with Gasteiger partial charge in [0, 0.05) is 11.5 Å². The number of esters is 2. The van der Waals surface area contributed by atoms with E-state index in [4.69, 9.17) is 25.8 Å². The zero-order valence-corrected chi connectivity index (χ0v) is 21.2. The number of hydrogen-bond donors (Lipinski definition) is 4. The maximum atomic E-state index is 13.0. The zero-order chi connectivity index (χ0) is 26.6. The summed E-state index contributed by atoms with van der Waals surface area (Å²) < 4.78 is 22.0. The summed E-state index contributed by atoms with van der Waals surface area (Å²) >= 11 is 6.23. The summed E-state index contributed by atoms with van der Waals surface area (Å²) in [5.74, 6) is -1.60. The molecule has 202 valence electrons. The van der Waals surface area contributed by atoms with Gasteiger partial charge in [-0.3, -0.25) is 4.79 Å². The van der Waals surface area contributed by atoms with Gasteiger partial charge in [0.1, 0.15) is 36.6 Å². The summed E-state index contributed by atoms with van der Waals surface area (Å²) in [5, 5.41) is 42.3. The van der Waals surface area contributed by atoms with Crippen LogP contribution in [0.3, 0.4) is 0 Å². The summed E-state index contributed by atoms with van der Waals surface area (Å²) in [4.78, 5) is 24.5. The first-order chi connectivity index (χ1) is 17.0. The second kappa shape index (κ2) is 12.6. The second-order valence-corrected chi connectivity index (χ2v) is 10.1. The summed E-state index contributed by atoms with van der Waals surface area (Å²) in [5.41, 5.74) is 0. The van der Waals surface area contributed by atoms with E-state index >= 15 is 0 Å². The first kappa shape index (κ1) is 28.8. The van der Waals surface area contributed by atoms with E-state index in [1.165, 1.54) is 31.4 Å². The van der Waals surface area contributed by atoms with Gasteiger partial charge in [-0.25, -0.2) is 4.79 Å². The maximum absolute atomic E-state index is 13.0. The highest BCUT2D eigenvalue weighted by Crippen LogP contribution is 2.35. The van der Waals surface area contributed by atoms with Crippen molar-refractivity contribution >= 4 is 23.5 Å². The largest absolute Gasteiger partial charge is 0.469 e. The van der Waals surface area contributed by atoms with Crippen LogP contribution in [0.15, 0.2) is 35.4 Å². The summed E-state index contributed by atoms with van der Waals surface area (Å²) in [7, 11) is 1.29. The molecule has 0 amide bonds. The van der Waals surface area contributed by atoms with Crippen LogP contribution in [0, 0.1) is 11.8 Å². The SMILES string of the molecule is COC(=O)C[C@@H](C)/C=C/[C@@H](O)[C@@H]1O[C@@H]2C[C@@H]1OC(=O)[C@@H]1O[C@H](C[C@H]1C)[C@H](O)[C@H](O)C=C/C=C(\Cl)[C@H]2O. The molecule has 0 aromatic rings. The summed E-state index contributed by atoms with van der Waals surface area (Å²) in [6.45, 7) is 3.56. The van der Waals surface area contributed by atoms with Crippen molar-refractivity contribution in [2.75, 3.05) is 7.11 Å². The van der Waals surface area contributed by atoms with Crippen molar-refractivity contribution in [2.24, 2.45) is 11.8 Å². The predicted octanol–water partition coefficient (Wildman–Crippen LogP) is 0.741. The molecule has 4 N–H and O–H groups in total. The molecule has 0 unspecified atom stereocenters. The van der Waals surface area contributed by atoms with Crippen LogP contribution in [-0.2, 0) is 28.5 Å². The molecule has 36 heavy (non-hydrogen) atoms. The molecular formula is C25H35ClO10. The van der Waals surface area contributed by atoms with Crippen LogP contribution < -0.4 is 0 Å². The van der Waals surface area contributed by atoms with Gasteiger partial charge < -0.3 is 39.4 Å². The van der Waals surface area contributed by atoms with E-state index in [9.17, 15) is 30.0 Å². The number of hydrogen-bond acceptors (Lipinski definition) is 10. The predicted molar refractivity (Wildman–Crippen MR) is 128 cm³/mol. The third-order valence-corrected chi connectivity index (χ3v) is 7.07. The lowest BCUT2D eigenvalue weighted by Gasteiger charge is -2.25. The van der Waals surface area contributed by atoms with E-state index in [-0.39, 0.29) is 35.7 Å². The number of halogens is 1. The Balaban J connectivity index is 1.84. The smallest absolute Gasteiger partial charge is 0.335 e. The van der Waals surface area contributed by atoms with Crippen LogP contribution in [0.2, 0.25) is 0 Å². The molecule has 3 aliphatic heterocycles. The van der Waals surface area contributed by atoms with Crippen LogP contribution >= 0.6 is 11.6 Å². The van der Waals surface area contributed by atoms with Gasteiger partial charge in [-0.2, -0.15) is 0 Å². The molecule has 2 fully saturated rings. The fourth-order valence-corrected chi connectivity index (χ4v) is 4.83. The van der Waals surface area contributed by atoms with Crippen molar-refractivity contribution in [2.45, 2.75) is 88.0 Å². The van der Waals surface area contributed by atoms with Crippen LogP contribution in [0.1, 0.15) is 33.1 Å². The molecule has 3 rings (SSSR count). The van der Waals surface area contributed by atoms with Crippen molar-refractivity contribution in [3.05, 3.63) is 35.4 Å². The van der Waals surface area contributed by atoms with Crippen molar-refractivity contribution in [3.8, 4) is 0 Å². The number of aliphatic hydroxyl groups is 4. The van der Waals surface area contributed by atoms with Gasteiger partial charge in [0.2, 0.25) is 0 Å². The Morgan fingerprint density at radius 2 is 1.92 bits per heavy atom. The van der Waals surface area contributed by atoms with E-state index in [1.807, 2.05) is 0 Å². The average molecular weight is 531 g/mol. The first-order valence-corrected chi connectivity index (χ1v) is 12.4. The molecular weight excluding hydrogens is 496 g/mol. The molecule has 0 aromatic heterocycles. The molecule has 4 bridgehead atoms. The molecule has 3 heterocycles. The Hall–Kier alpha value is -1.79. The van der Waals surface area contributed by atoms with E-state index in [0.717, 1.165) is 0 Å². The Kier molecular flexibility index (Phi) is 10.1. The third kappa shape index (κ3) is 6.95. The topological polar surface area (TPSA) is 152 Å². The van der Waals surface area contributed by atoms with E-state index < -0.39 is 60.9 Å². The van der Waals surface area contributed by atoms with Crippen molar-refractivity contribution in [3.63, 3.8) is 0 Å². The Morgan fingerprint density at radius 1 is 1.19 bits per heavy atom. The van der Waals surface area contributed by atoms with Crippen LogP contribution in [0.25, 0.3) is 0 Å². The van der Waals surface area contributed by atoms with Gasteiger partial charge in [-0.15, -0.1) is 0 Å². The van der Waals surface area contributed by atoms with Crippen molar-refractivity contribution in [1.82, 2.24) is 0 Å². The summed E-state index contributed by atoms with van der Waals surface area (Å²) in [6, 6.07) is 0. The Bertz CT molecular complexity index is 873. The average Bonchev–Trinajstić information content (AvgIpc) is 3.44. The number of carbonyl (C=O) groups is 2. The van der Waals surface area contributed by atoms with Crippen LogP contribution in [-0.4, -0.2) is 94.4 Å². The van der Waals surface area contributed by atoms with Gasteiger partial charge in [-0.1, -0.05) is 49.8 Å². The molecule has 11 heteroatoms. The molecule has 0 spiro atoms. The van der Waals surface area contributed by atoms with Gasteiger partial charge in [0.05, 0.1) is 25.7 Å². The standard InChI is InChI=1S/C25H35ClO10/c1-12(9-20(29)33-3)7-8-16(28)24-19-11-18(35-24)21(30)14(26)5-4-6-15(27)22(31)17-10-13(2)23(34-17)25(32)36-19/h4-8,12-13,15-19,21-24,27-28,30-31H,9-11H2,1-3H3/b6-4?,8-7+,14-5-/t12-,13+,15+,16+,17+,18+,19-,21+,22+,23+,24-/m0/s1. The molecule has 0 radical (unpaired) electrons. The minimum atomic E-state index is -1.30. The quantitative estimate of drug-likeness (QED) is 0.296. The number of aliphatic hydroxyl groups excluding tert-OH is 4. The molecule has 0 aliphatic carbocycles. The van der Waals surface area contributed by atoms with Crippen LogP contribution in [0.4, 0.5) is 0 Å². The summed E-state index contributed by atoms with van der Waals surface area (Å²) in [6.07, 6.45) is -1.99. The molecule has 0 aromatic carbocycles. The number of ether oxygens (including phenoxy) is 4. The van der Waals surface area contributed by atoms with Gasteiger partial charge in [0.25, 0.3) is 0 Å². The number of carbonyl (C=O) groups excluding carboxylic acids is 2. The van der Waals surface area contributed by atoms with Gasteiger partial charge in [0.15, 0.2) is 6.10 Å². The number of allylic oxidation sites excluding steroid dienone is 3. The molecule has 11 atom stereocenters. The normalized spacial score (nSPS) is 40.6.